The quantitative estimate of drug-likeness (QED) is 0.684. The largest absolute Gasteiger partial charge is 0.378 e. The van der Waals surface area contributed by atoms with Crippen molar-refractivity contribution in [3.63, 3.8) is 0 Å². The summed E-state index contributed by atoms with van der Waals surface area (Å²) < 4.78 is 12.0. The van der Waals surface area contributed by atoms with Gasteiger partial charge in [-0.1, -0.05) is 13.8 Å². The van der Waals surface area contributed by atoms with Crippen molar-refractivity contribution in [1.82, 2.24) is 5.32 Å². The van der Waals surface area contributed by atoms with E-state index in [-0.39, 0.29) is 11.3 Å². The maximum absolute atomic E-state index is 6.48. The average Bonchev–Trinajstić information content (AvgIpc) is 2.73. The standard InChI is InChI=1S/C13H23NO2/c1-11(2)3-4-13(9-11)14-7-5-12(16-13)6-8-15-10-12/h14H,3-10H2,1-2H3. The van der Waals surface area contributed by atoms with Crippen molar-refractivity contribution in [2.75, 3.05) is 19.8 Å². The summed E-state index contributed by atoms with van der Waals surface area (Å²) in [5, 5.41) is 3.62. The van der Waals surface area contributed by atoms with E-state index in [1.54, 1.807) is 0 Å². The van der Waals surface area contributed by atoms with E-state index < -0.39 is 0 Å². The first-order valence-corrected chi connectivity index (χ1v) is 6.56. The van der Waals surface area contributed by atoms with Gasteiger partial charge in [0.2, 0.25) is 0 Å². The smallest absolute Gasteiger partial charge is 0.120 e. The predicted octanol–water partition coefficient (Wildman–Crippen LogP) is 2.06. The summed E-state index contributed by atoms with van der Waals surface area (Å²) in [5.41, 5.74) is 0.409. The van der Waals surface area contributed by atoms with Gasteiger partial charge in [0.1, 0.15) is 5.72 Å². The first-order chi connectivity index (χ1) is 7.54. The van der Waals surface area contributed by atoms with E-state index in [9.17, 15) is 0 Å². The number of rotatable bonds is 0. The van der Waals surface area contributed by atoms with E-state index in [1.165, 1.54) is 6.42 Å². The minimum atomic E-state index is -0.0462. The van der Waals surface area contributed by atoms with Crippen LogP contribution in [0.4, 0.5) is 0 Å². The molecule has 0 amide bonds. The van der Waals surface area contributed by atoms with Crippen molar-refractivity contribution in [2.45, 2.75) is 57.3 Å². The van der Waals surface area contributed by atoms with Crippen molar-refractivity contribution in [3.8, 4) is 0 Å². The molecule has 2 aliphatic heterocycles. The van der Waals surface area contributed by atoms with Crippen LogP contribution in [-0.2, 0) is 9.47 Å². The summed E-state index contributed by atoms with van der Waals surface area (Å²) in [6.45, 7) is 7.45. The lowest BCUT2D eigenvalue weighted by atomic mass is 9.89. The van der Waals surface area contributed by atoms with E-state index in [2.05, 4.69) is 19.2 Å². The van der Waals surface area contributed by atoms with Gasteiger partial charge in [0.25, 0.3) is 0 Å². The molecule has 3 nitrogen and oxygen atoms in total. The number of hydrogen-bond acceptors (Lipinski definition) is 3. The Balaban J connectivity index is 1.77. The van der Waals surface area contributed by atoms with Gasteiger partial charge in [-0.05, 0) is 31.1 Å². The lowest BCUT2D eigenvalue weighted by Gasteiger charge is -2.45. The van der Waals surface area contributed by atoms with E-state index in [0.29, 0.717) is 5.41 Å². The van der Waals surface area contributed by atoms with Crippen molar-refractivity contribution in [3.05, 3.63) is 0 Å². The molecule has 0 radical (unpaired) electrons. The Hall–Kier alpha value is -0.120. The third kappa shape index (κ3) is 1.79. The molecule has 1 saturated carbocycles. The molecule has 0 aromatic rings. The Morgan fingerprint density at radius 3 is 2.56 bits per heavy atom. The van der Waals surface area contributed by atoms with E-state index in [0.717, 1.165) is 45.4 Å². The van der Waals surface area contributed by atoms with Crippen LogP contribution in [0.3, 0.4) is 0 Å². The highest BCUT2D eigenvalue weighted by Gasteiger charge is 2.52. The molecule has 3 rings (SSSR count). The summed E-state index contributed by atoms with van der Waals surface area (Å²) in [4.78, 5) is 0. The SMILES string of the molecule is CC1(C)CCC2(C1)NCCC1(CCOC1)O2. The van der Waals surface area contributed by atoms with Gasteiger partial charge in [-0.3, -0.25) is 5.32 Å². The van der Waals surface area contributed by atoms with Crippen LogP contribution >= 0.6 is 0 Å². The van der Waals surface area contributed by atoms with Crippen LogP contribution in [0.1, 0.15) is 46.0 Å². The molecule has 1 aliphatic carbocycles. The molecular weight excluding hydrogens is 202 g/mol. The molecule has 0 aromatic carbocycles. The Bertz CT molecular complexity index is 284. The van der Waals surface area contributed by atoms with Gasteiger partial charge in [-0.15, -0.1) is 0 Å². The maximum Gasteiger partial charge on any atom is 0.120 e. The molecule has 2 atom stereocenters. The Labute approximate surface area is 97.9 Å². The molecule has 1 N–H and O–H groups in total. The third-order valence-electron chi connectivity index (χ3n) is 4.48. The fraction of sp³-hybridized carbons (Fsp3) is 1.00. The van der Waals surface area contributed by atoms with Crippen molar-refractivity contribution < 1.29 is 9.47 Å². The number of hydrogen-bond donors (Lipinski definition) is 1. The van der Waals surface area contributed by atoms with Crippen molar-refractivity contribution >= 4 is 0 Å². The molecule has 2 saturated heterocycles. The molecule has 92 valence electrons. The van der Waals surface area contributed by atoms with E-state index >= 15 is 0 Å². The highest BCUT2D eigenvalue weighted by atomic mass is 16.6. The predicted molar refractivity (Wildman–Crippen MR) is 62.2 cm³/mol. The second kappa shape index (κ2) is 3.44. The van der Waals surface area contributed by atoms with Crippen LogP contribution in [0.5, 0.6) is 0 Å². The molecular formula is C13H23NO2. The highest BCUT2D eigenvalue weighted by Crippen LogP contribution is 2.48. The minimum Gasteiger partial charge on any atom is -0.378 e. The van der Waals surface area contributed by atoms with Crippen LogP contribution in [0.25, 0.3) is 0 Å². The normalized spacial score (nSPS) is 46.9. The summed E-state index contributed by atoms with van der Waals surface area (Å²) in [7, 11) is 0. The van der Waals surface area contributed by atoms with Gasteiger partial charge in [0.05, 0.1) is 12.2 Å². The van der Waals surface area contributed by atoms with Crippen LogP contribution in [0.2, 0.25) is 0 Å². The van der Waals surface area contributed by atoms with Crippen LogP contribution < -0.4 is 5.32 Å². The first kappa shape index (κ1) is 11.0. The molecule has 2 spiro atoms. The molecule has 3 fully saturated rings. The summed E-state index contributed by atoms with van der Waals surface area (Å²) in [6.07, 6.45) is 5.74. The average molecular weight is 225 g/mol. The number of nitrogens with one attached hydrogen (secondary N) is 1. The Morgan fingerprint density at radius 1 is 1.06 bits per heavy atom. The number of ether oxygens (including phenoxy) is 2. The van der Waals surface area contributed by atoms with Crippen molar-refractivity contribution in [2.24, 2.45) is 5.41 Å². The van der Waals surface area contributed by atoms with Crippen LogP contribution in [-0.4, -0.2) is 31.1 Å². The molecule has 2 heterocycles. The molecule has 0 aromatic heterocycles. The molecule has 0 bridgehead atoms. The minimum absolute atomic E-state index is 0.0334. The zero-order valence-corrected chi connectivity index (χ0v) is 10.5. The Morgan fingerprint density at radius 2 is 1.94 bits per heavy atom. The monoisotopic (exact) mass is 225 g/mol. The topological polar surface area (TPSA) is 30.5 Å². The highest BCUT2D eigenvalue weighted by molar-refractivity contribution is 5.01. The fourth-order valence-electron chi connectivity index (χ4n) is 3.61. The summed E-state index contributed by atoms with van der Waals surface area (Å²) in [5.74, 6) is 0. The Kier molecular flexibility index (Phi) is 2.36. The molecule has 16 heavy (non-hydrogen) atoms. The molecule has 3 aliphatic rings. The lowest BCUT2D eigenvalue weighted by molar-refractivity contribution is -0.199. The second-order valence-electron chi connectivity index (χ2n) is 6.60. The van der Waals surface area contributed by atoms with Crippen molar-refractivity contribution in [1.29, 1.82) is 0 Å². The zero-order chi connectivity index (χ0) is 11.3. The fourth-order valence-corrected chi connectivity index (χ4v) is 3.61. The van der Waals surface area contributed by atoms with Gasteiger partial charge in [-0.25, -0.2) is 0 Å². The van der Waals surface area contributed by atoms with Crippen LogP contribution in [0.15, 0.2) is 0 Å². The lowest BCUT2D eigenvalue weighted by Crippen LogP contribution is -2.59. The second-order valence-corrected chi connectivity index (χ2v) is 6.60. The van der Waals surface area contributed by atoms with Gasteiger partial charge in [-0.2, -0.15) is 0 Å². The zero-order valence-electron chi connectivity index (χ0n) is 10.5. The third-order valence-corrected chi connectivity index (χ3v) is 4.48. The summed E-state index contributed by atoms with van der Waals surface area (Å²) in [6, 6.07) is 0. The van der Waals surface area contributed by atoms with Gasteiger partial charge in [0, 0.05) is 19.6 Å². The maximum atomic E-state index is 6.48. The first-order valence-electron chi connectivity index (χ1n) is 6.56. The van der Waals surface area contributed by atoms with Gasteiger partial charge in [0.15, 0.2) is 0 Å². The molecule has 2 unspecified atom stereocenters. The van der Waals surface area contributed by atoms with Crippen LogP contribution in [0, 0.1) is 5.41 Å². The van der Waals surface area contributed by atoms with E-state index in [1.807, 2.05) is 0 Å². The van der Waals surface area contributed by atoms with Gasteiger partial charge < -0.3 is 9.47 Å². The molecule has 3 heteroatoms. The summed E-state index contributed by atoms with van der Waals surface area (Å²) >= 11 is 0. The van der Waals surface area contributed by atoms with Gasteiger partial charge >= 0.3 is 0 Å². The van der Waals surface area contributed by atoms with E-state index in [4.69, 9.17) is 9.47 Å².